The monoisotopic (exact) mass is 345 g/mol. The van der Waals surface area contributed by atoms with Crippen LogP contribution < -0.4 is 5.32 Å². The second kappa shape index (κ2) is 7.43. The van der Waals surface area contributed by atoms with E-state index in [1.165, 1.54) is 22.9 Å². The molecule has 0 aliphatic carbocycles. The highest BCUT2D eigenvalue weighted by Gasteiger charge is 2.23. The van der Waals surface area contributed by atoms with Crippen LogP contribution in [0.3, 0.4) is 0 Å². The van der Waals surface area contributed by atoms with E-state index in [4.69, 9.17) is 0 Å². The lowest BCUT2D eigenvalue weighted by atomic mass is 10.0. The summed E-state index contributed by atoms with van der Waals surface area (Å²) in [5.41, 5.74) is 3.34. The van der Waals surface area contributed by atoms with Gasteiger partial charge in [0, 0.05) is 17.9 Å². The molecule has 0 saturated carbocycles. The molecule has 130 valence electrons. The molecule has 0 saturated heterocycles. The first-order chi connectivity index (χ1) is 11.2. The number of nitrogens with zero attached hydrogens (tertiary/aromatic N) is 2. The van der Waals surface area contributed by atoms with Gasteiger partial charge < -0.3 is 5.32 Å². The smallest absolute Gasteiger partial charge is 0.233 e. The van der Waals surface area contributed by atoms with Gasteiger partial charge >= 0.3 is 0 Å². The van der Waals surface area contributed by atoms with Crippen LogP contribution in [0.4, 0.5) is 0 Å². The number of carbonyl (C=O) groups is 1. The molecular formula is C19H27N3OS. The van der Waals surface area contributed by atoms with Crippen molar-refractivity contribution in [2.75, 3.05) is 0 Å². The molecule has 0 aliphatic heterocycles. The minimum Gasteiger partial charge on any atom is -0.350 e. The van der Waals surface area contributed by atoms with Crippen molar-refractivity contribution in [1.82, 2.24) is 14.9 Å². The van der Waals surface area contributed by atoms with Crippen molar-refractivity contribution in [3.63, 3.8) is 0 Å². The van der Waals surface area contributed by atoms with Gasteiger partial charge in [-0.25, -0.2) is 4.98 Å². The molecule has 1 amide bonds. The van der Waals surface area contributed by atoms with E-state index in [0.29, 0.717) is 0 Å². The van der Waals surface area contributed by atoms with E-state index < -0.39 is 0 Å². The topological polar surface area (TPSA) is 46.9 Å². The van der Waals surface area contributed by atoms with E-state index in [9.17, 15) is 4.79 Å². The van der Waals surface area contributed by atoms with Crippen molar-refractivity contribution >= 4 is 17.7 Å². The lowest BCUT2D eigenvalue weighted by Crippen LogP contribution is -2.46. The molecule has 1 heterocycles. The molecule has 0 radical (unpaired) electrons. The van der Waals surface area contributed by atoms with Gasteiger partial charge in [0.15, 0.2) is 5.16 Å². The minimum absolute atomic E-state index is 0.0435. The van der Waals surface area contributed by atoms with Gasteiger partial charge in [0.05, 0.1) is 10.9 Å². The highest BCUT2D eigenvalue weighted by molar-refractivity contribution is 8.00. The Bertz CT molecular complexity index is 721. The summed E-state index contributed by atoms with van der Waals surface area (Å²) in [6.07, 6.45) is 4.62. The molecule has 1 unspecified atom stereocenters. The Hall–Kier alpha value is -1.75. The first kappa shape index (κ1) is 18.6. The molecule has 4 nitrogen and oxygen atoms in total. The van der Waals surface area contributed by atoms with Crippen molar-refractivity contribution in [3.8, 4) is 5.69 Å². The van der Waals surface area contributed by atoms with Crippen molar-refractivity contribution in [1.29, 1.82) is 0 Å². The molecular weight excluding hydrogens is 318 g/mol. The number of imidazole rings is 1. The molecule has 2 rings (SSSR count). The average molecular weight is 346 g/mol. The summed E-state index contributed by atoms with van der Waals surface area (Å²) >= 11 is 1.48. The zero-order chi connectivity index (χ0) is 17.9. The van der Waals surface area contributed by atoms with E-state index in [0.717, 1.165) is 17.3 Å². The van der Waals surface area contributed by atoms with Gasteiger partial charge in [-0.1, -0.05) is 36.4 Å². The van der Waals surface area contributed by atoms with Crippen LogP contribution in [0.25, 0.3) is 5.69 Å². The maximum absolute atomic E-state index is 12.4. The molecule has 0 aliphatic rings. The summed E-state index contributed by atoms with van der Waals surface area (Å²) in [5.74, 6) is 0.0435. The van der Waals surface area contributed by atoms with Gasteiger partial charge in [0.2, 0.25) is 5.91 Å². The highest BCUT2D eigenvalue weighted by atomic mass is 32.2. The fourth-order valence-corrected chi connectivity index (χ4v) is 3.25. The quantitative estimate of drug-likeness (QED) is 0.795. The SMILES string of the molecule is CCC(C)(C)NC(=O)C(C)Sc1nccn1-c1ccc(C)cc1C. The van der Waals surface area contributed by atoms with Crippen LogP contribution in [0.1, 0.15) is 45.2 Å². The predicted octanol–water partition coefficient (Wildman–Crippen LogP) is 4.27. The second-order valence-corrected chi connectivity index (χ2v) is 8.16. The molecule has 1 aromatic heterocycles. The first-order valence-electron chi connectivity index (χ1n) is 8.33. The zero-order valence-corrected chi connectivity index (χ0v) is 16.2. The summed E-state index contributed by atoms with van der Waals surface area (Å²) in [4.78, 5) is 16.9. The fraction of sp³-hybridized carbons (Fsp3) is 0.474. The Kier molecular flexibility index (Phi) is 5.75. The Labute approximate surface area is 149 Å². The maximum atomic E-state index is 12.4. The van der Waals surface area contributed by atoms with Crippen LogP contribution in [0.5, 0.6) is 0 Å². The lowest BCUT2D eigenvalue weighted by Gasteiger charge is -2.26. The number of nitrogens with one attached hydrogen (secondary N) is 1. The zero-order valence-electron chi connectivity index (χ0n) is 15.4. The molecule has 1 atom stereocenters. The molecule has 5 heteroatoms. The predicted molar refractivity (Wildman–Crippen MR) is 101 cm³/mol. The van der Waals surface area contributed by atoms with Crippen molar-refractivity contribution in [2.24, 2.45) is 0 Å². The lowest BCUT2D eigenvalue weighted by molar-refractivity contribution is -0.121. The fourth-order valence-electron chi connectivity index (χ4n) is 2.37. The number of thioether (sulfide) groups is 1. The Morgan fingerprint density at radius 3 is 2.71 bits per heavy atom. The van der Waals surface area contributed by atoms with E-state index in [-0.39, 0.29) is 16.7 Å². The van der Waals surface area contributed by atoms with Gasteiger partial charge in [0.25, 0.3) is 0 Å². The molecule has 0 spiro atoms. The first-order valence-corrected chi connectivity index (χ1v) is 9.21. The van der Waals surface area contributed by atoms with Crippen molar-refractivity contribution < 1.29 is 4.79 Å². The summed E-state index contributed by atoms with van der Waals surface area (Å²) in [5, 5.41) is 3.73. The van der Waals surface area contributed by atoms with E-state index in [2.05, 4.69) is 49.3 Å². The van der Waals surface area contributed by atoms with Gasteiger partial charge in [-0.2, -0.15) is 0 Å². The number of aryl methyl sites for hydroxylation is 2. The largest absolute Gasteiger partial charge is 0.350 e. The molecule has 1 aromatic carbocycles. The maximum Gasteiger partial charge on any atom is 0.233 e. The minimum atomic E-state index is -0.206. The number of aromatic nitrogens is 2. The number of hydrogen-bond acceptors (Lipinski definition) is 3. The van der Waals surface area contributed by atoms with E-state index in [1.54, 1.807) is 6.20 Å². The number of benzene rings is 1. The van der Waals surface area contributed by atoms with Crippen LogP contribution >= 0.6 is 11.8 Å². The summed E-state index contributed by atoms with van der Waals surface area (Å²) in [6, 6.07) is 6.35. The van der Waals surface area contributed by atoms with Gasteiger partial charge in [0.1, 0.15) is 0 Å². The summed E-state index contributed by atoms with van der Waals surface area (Å²) in [7, 11) is 0. The Morgan fingerprint density at radius 1 is 1.38 bits per heavy atom. The number of rotatable bonds is 6. The normalized spacial score (nSPS) is 12.9. The summed E-state index contributed by atoms with van der Waals surface area (Å²) in [6.45, 7) is 12.3. The number of carbonyl (C=O) groups excluding carboxylic acids is 1. The Morgan fingerprint density at radius 2 is 2.08 bits per heavy atom. The highest BCUT2D eigenvalue weighted by Crippen LogP contribution is 2.27. The third kappa shape index (κ3) is 4.41. The standard InChI is InChI=1S/C19H27N3OS/c1-7-19(5,6)21-17(23)15(4)24-18-20-10-11-22(18)16-9-8-13(2)12-14(16)3/h8-12,15H,7H2,1-6H3,(H,21,23). The van der Waals surface area contributed by atoms with Gasteiger partial charge in [-0.15, -0.1) is 0 Å². The summed E-state index contributed by atoms with van der Waals surface area (Å²) < 4.78 is 2.05. The molecule has 2 aromatic rings. The van der Waals surface area contributed by atoms with Crippen LogP contribution in [0.2, 0.25) is 0 Å². The molecule has 24 heavy (non-hydrogen) atoms. The van der Waals surface area contributed by atoms with Crippen LogP contribution in [0.15, 0.2) is 35.7 Å². The second-order valence-electron chi connectivity index (χ2n) is 6.86. The van der Waals surface area contributed by atoms with Crippen LogP contribution in [0, 0.1) is 13.8 Å². The number of amides is 1. The third-order valence-electron chi connectivity index (χ3n) is 4.22. The van der Waals surface area contributed by atoms with Crippen molar-refractivity contribution in [3.05, 3.63) is 41.7 Å². The van der Waals surface area contributed by atoms with Gasteiger partial charge in [-0.05, 0) is 52.7 Å². The molecule has 1 N–H and O–H groups in total. The van der Waals surface area contributed by atoms with E-state index in [1.807, 2.05) is 31.5 Å². The molecule has 0 fully saturated rings. The van der Waals surface area contributed by atoms with E-state index >= 15 is 0 Å². The van der Waals surface area contributed by atoms with Gasteiger partial charge in [-0.3, -0.25) is 9.36 Å². The third-order valence-corrected chi connectivity index (χ3v) is 5.30. The molecule has 0 bridgehead atoms. The van der Waals surface area contributed by atoms with Crippen LogP contribution in [-0.4, -0.2) is 26.2 Å². The average Bonchev–Trinajstić information content (AvgIpc) is 2.94. The van der Waals surface area contributed by atoms with Crippen molar-refractivity contribution in [2.45, 2.75) is 63.9 Å². The Balaban J connectivity index is 2.17. The van der Waals surface area contributed by atoms with Crippen LogP contribution in [-0.2, 0) is 4.79 Å². The number of hydrogen-bond donors (Lipinski definition) is 1.